The van der Waals surface area contributed by atoms with Gasteiger partial charge in [0.1, 0.15) is 12.4 Å². The van der Waals surface area contributed by atoms with Gasteiger partial charge in [-0.25, -0.2) is 0 Å². The molecule has 0 aromatic heterocycles. The Morgan fingerprint density at radius 2 is 1.76 bits per heavy atom. The smallest absolute Gasteiger partial charge is 0.415 e. The third-order valence-corrected chi connectivity index (χ3v) is 3.05. The van der Waals surface area contributed by atoms with Gasteiger partial charge in [-0.15, -0.1) is 0 Å². The fourth-order valence-electron chi connectivity index (χ4n) is 1.58. The monoisotopic (exact) mass is 306 g/mol. The summed E-state index contributed by atoms with van der Waals surface area (Å²) in [7, 11) is 1.50. The van der Waals surface area contributed by atoms with Gasteiger partial charge in [0.15, 0.2) is 6.10 Å². The molecule has 1 aromatic carbocycles. The molecule has 1 aromatic rings. The Balaban J connectivity index is 2.67. The van der Waals surface area contributed by atoms with Crippen LogP contribution in [0.25, 0.3) is 0 Å². The summed E-state index contributed by atoms with van der Waals surface area (Å²) >= 11 is 0. The van der Waals surface area contributed by atoms with E-state index in [-0.39, 0.29) is 6.61 Å². The highest BCUT2D eigenvalue weighted by atomic mass is 19.4. The van der Waals surface area contributed by atoms with Gasteiger partial charge in [0, 0.05) is 0 Å². The lowest BCUT2D eigenvalue weighted by Gasteiger charge is -2.29. The number of aliphatic hydroxyl groups is 1. The molecule has 0 radical (unpaired) electrons. The van der Waals surface area contributed by atoms with E-state index in [1.165, 1.54) is 7.11 Å². The van der Waals surface area contributed by atoms with Crippen LogP contribution in [0.1, 0.15) is 19.4 Å². The van der Waals surface area contributed by atoms with E-state index in [1.54, 1.807) is 24.3 Å². The summed E-state index contributed by atoms with van der Waals surface area (Å²) in [6, 6.07) is 6.52. The van der Waals surface area contributed by atoms with Gasteiger partial charge in [-0.05, 0) is 31.5 Å². The van der Waals surface area contributed by atoms with Crippen molar-refractivity contribution >= 4 is 5.97 Å². The van der Waals surface area contributed by atoms with Crippen LogP contribution in [0, 0.1) is 5.41 Å². The Morgan fingerprint density at radius 1 is 1.24 bits per heavy atom. The van der Waals surface area contributed by atoms with Gasteiger partial charge in [-0.1, -0.05) is 12.1 Å². The van der Waals surface area contributed by atoms with E-state index in [4.69, 9.17) is 9.47 Å². The molecule has 118 valence electrons. The molecular weight excluding hydrogens is 289 g/mol. The molecule has 0 amide bonds. The van der Waals surface area contributed by atoms with E-state index in [0.29, 0.717) is 11.3 Å². The summed E-state index contributed by atoms with van der Waals surface area (Å²) in [5, 5.41) is 9.21. The molecule has 0 aliphatic heterocycles. The fraction of sp³-hybridized carbons (Fsp3) is 0.500. The number of esters is 1. The van der Waals surface area contributed by atoms with E-state index in [9.17, 15) is 23.1 Å². The fourth-order valence-corrected chi connectivity index (χ4v) is 1.58. The number of halogens is 3. The predicted molar refractivity (Wildman–Crippen MR) is 68.6 cm³/mol. The predicted octanol–water partition coefficient (Wildman–Crippen LogP) is 2.69. The number of aliphatic hydroxyl groups excluding tert-OH is 1. The number of benzene rings is 1. The minimum atomic E-state index is -4.89. The van der Waals surface area contributed by atoms with Crippen LogP contribution in [-0.4, -0.2) is 30.5 Å². The summed E-state index contributed by atoms with van der Waals surface area (Å²) < 4.78 is 47.2. The molecule has 0 spiro atoms. The lowest BCUT2D eigenvalue weighted by molar-refractivity contribution is -0.238. The van der Waals surface area contributed by atoms with Crippen molar-refractivity contribution in [1.82, 2.24) is 0 Å². The summed E-state index contributed by atoms with van der Waals surface area (Å²) in [5.74, 6) is -0.513. The number of carbonyl (C=O) groups is 1. The summed E-state index contributed by atoms with van der Waals surface area (Å²) in [4.78, 5) is 11.7. The van der Waals surface area contributed by atoms with Crippen molar-refractivity contribution in [2.75, 3.05) is 7.11 Å². The molecule has 0 aliphatic rings. The Labute approximate surface area is 120 Å². The zero-order chi connectivity index (χ0) is 16.3. The molecule has 21 heavy (non-hydrogen) atoms. The second kappa shape index (κ2) is 6.34. The Morgan fingerprint density at radius 3 is 2.19 bits per heavy atom. The molecular formula is C14H17F3O4. The van der Waals surface area contributed by atoms with Crippen LogP contribution in [-0.2, 0) is 16.1 Å². The van der Waals surface area contributed by atoms with E-state index in [1.807, 2.05) is 0 Å². The molecule has 1 N–H and O–H groups in total. The van der Waals surface area contributed by atoms with E-state index in [0.717, 1.165) is 13.8 Å². The van der Waals surface area contributed by atoms with Crippen molar-refractivity contribution in [1.29, 1.82) is 0 Å². The molecule has 0 aliphatic carbocycles. The van der Waals surface area contributed by atoms with Crippen molar-refractivity contribution in [3.05, 3.63) is 29.8 Å². The first kappa shape index (κ1) is 17.3. The maximum Gasteiger partial charge on any atom is 0.415 e. The summed E-state index contributed by atoms with van der Waals surface area (Å²) in [5.41, 5.74) is -1.48. The number of ether oxygens (including phenoxy) is 2. The third kappa shape index (κ3) is 4.35. The standard InChI is InChI=1S/C14H17F3O4/c1-13(2,11(18)14(15,16)17)12(19)21-8-9-4-6-10(20-3)7-5-9/h4-7,11,18H,8H2,1-3H3. The minimum Gasteiger partial charge on any atom is -0.497 e. The maximum atomic E-state index is 12.5. The molecule has 0 saturated heterocycles. The number of methoxy groups -OCH3 is 1. The first-order valence-corrected chi connectivity index (χ1v) is 6.14. The third-order valence-electron chi connectivity index (χ3n) is 3.05. The molecule has 4 nitrogen and oxygen atoms in total. The Hall–Kier alpha value is -1.76. The van der Waals surface area contributed by atoms with Gasteiger partial charge < -0.3 is 14.6 Å². The normalized spacial score (nSPS) is 13.7. The molecule has 1 unspecified atom stereocenters. The van der Waals surface area contributed by atoms with Crippen LogP contribution in [0.5, 0.6) is 5.75 Å². The summed E-state index contributed by atoms with van der Waals surface area (Å²) in [6.07, 6.45) is -7.67. The Bertz CT molecular complexity index is 480. The van der Waals surface area contributed by atoms with Crippen LogP contribution in [0.2, 0.25) is 0 Å². The van der Waals surface area contributed by atoms with Gasteiger partial charge in [0.25, 0.3) is 0 Å². The van der Waals surface area contributed by atoms with Gasteiger partial charge >= 0.3 is 12.1 Å². The molecule has 0 saturated carbocycles. The van der Waals surface area contributed by atoms with Crippen LogP contribution in [0.4, 0.5) is 13.2 Å². The van der Waals surface area contributed by atoms with Crippen molar-refractivity contribution in [2.24, 2.45) is 5.41 Å². The Kier molecular flexibility index (Phi) is 5.22. The van der Waals surface area contributed by atoms with Crippen LogP contribution < -0.4 is 4.74 Å². The lowest BCUT2D eigenvalue weighted by Crippen LogP contribution is -2.47. The largest absolute Gasteiger partial charge is 0.497 e. The number of carbonyl (C=O) groups excluding carboxylic acids is 1. The van der Waals surface area contributed by atoms with Crippen molar-refractivity contribution < 1.29 is 32.5 Å². The zero-order valence-electron chi connectivity index (χ0n) is 11.9. The second-order valence-electron chi connectivity index (χ2n) is 5.09. The van der Waals surface area contributed by atoms with Crippen molar-refractivity contribution in [2.45, 2.75) is 32.7 Å². The molecule has 0 fully saturated rings. The first-order valence-electron chi connectivity index (χ1n) is 6.14. The number of hydrogen-bond donors (Lipinski definition) is 1. The average molecular weight is 306 g/mol. The van der Waals surface area contributed by atoms with E-state index in [2.05, 4.69) is 0 Å². The highest BCUT2D eigenvalue weighted by Crippen LogP contribution is 2.34. The minimum absolute atomic E-state index is 0.184. The SMILES string of the molecule is COc1ccc(COC(=O)C(C)(C)C(O)C(F)(F)F)cc1. The highest BCUT2D eigenvalue weighted by Gasteiger charge is 2.52. The number of rotatable bonds is 5. The van der Waals surface area contributed by atoms with Crippen molar-refractivity contribution in [3.63, 3.8) is 0 Å². The zero-order valence-corrected chi connectivity index (χ0v) is 11.9. The molecule has 0 heterocycles. The summed E-state index contributed by atoms with van der Waals surface area (Å²) in [6.45, 7) is 1.79. The van der Waals surface area contributed by atoms with Crippen LogP contribution >= 0.6 is 0 Å². The molecule has 7 heteroatoms. The average Bonchev–Trinajstić information content (AvgIpc) is 2.43. The van der Waals surface area contributed by atoms with E-state index < -0.39 is 23.7 Å². The van der Waals surface area contributed by atoms with Gasteiger partial charge in [-0.2, -0.15) is 13.2 Å². The molecule has 1 atom stereocenters. The second-order valence-corrected chi connectivity index (χ2v) is 5.09. The van der Waals surface area contributed by atoms with Gasteiger partial charge in [0.2, 0.25) is 0 Å². The van der Waals surface area contributed by atoms with Gasteiger partial charge in [0.05, 0.1) is 12.5 Å². The molecule has 0 bridgehead atoms. The van der Waals surface area contributed by atoms with Crippen molar-refractivity contribution in [3.8, 4) is 5.75 Å². The lowest BCUT2D eigenvalue weighted by atomic mass is 9.86. The molecule has 1 rings (SSSR count). The van der Waals surface area contributed by atoms with Gasteiger partial charge in [-0.3, -0.25) is 4.79 Å². The quantitative estimate of drug-likeness (QED) is 0.850. The number of hydrogen-bond acceptors (Lipinski definition) is 4. The van der Waals surface area contributed by atoms with Crippen LogP contribution in [0.3, 0.4) is 0 Å². The maximum absolute atomic E-state index is 12.5. The first-order chi connectivity index (χ1) is 9.59. The topological polar surface area (TPSA) is 55.8 Å². The van der Waals surface area contributed by atoms with E-state index >= 15 is 0 Å². The highest BCUT2D eigenvalue weighted by molar-refractivity contribution is 5.76. The van der Waals surface area contributed by atoms with Crippen LogP contribution in [0.15, 0.2) is 24.3 Å². The number of alkyl halides is 3.